The number of carbonyl (C=O) groups excluding carboxylic acids is 1. The second-order valence-electron chi connectivity index (χ2n) is 7.47. The monoisotopic (exact) mass is 335 g/mol. The van der Waals surface area contributed by atoms with Gasteiger partial charge in [-0.15, -0.1) is 0 Å². The maximum absolute atomic E-state index is 11.6. The zero-order valence-corrected chi connectivity index (χ0v) is 15.0. The Morgan fingerprint density at radius 1 is 1.33 bits per heavy atom. The molecule has 1 aromatic rings. The fraction of sp³-hybridized carbons (Fsp3) is 0.706. The first kappa shape index (κ1) is 18.4. The zero-order chi connectivity index (χ0) is 17.9. The quantitative estimate of drug-likeness (QED) is 0.633. The van der Waals surface area contributed by atoms with Crippen LogP contribution in [0.1, 0.15) is 63.7 Å². The first-order chi connectivity index (χ1) is 11.2. The number of nitrogens with one attached hydrogen (secondary N) is 2. The van der Waals surface area contributed by atoms with Crippen molar-refractivity contribution >= 4 is 17.7 Å². The number of anilines is 2. The summed E-state index contributed by atoms with van der Waals surface area (Å²) in [6, 6.07) is 0.406. The van der Waals surface area contributed by atoms with Crippen LogP contribution in [-0.4, -0.2) is 38.7 Å². The summed E-state index contributed by atoms with van der Waals surface area (Å²) in [6.07, 6.45) is 5.18. The Labute approximate surface area is 143 Å². The predicted octanol–water partition coefficient (Wildman–Crippen LogP) is 2.14. The molecule has 24 heavy (non-hydrogen) atoms. The highest BCUT2D eigenvalue weighted by atomic mass is 16.3. The molecule has 1 aliphatic rings. The minimum atomic E-state index is -0.646. The number of hydrogen-bond donors (Lipinski definition) is 4. The molecule has 0 bridgehead atoms. The van der Waals surface area contributed by atoms with Gasteiger partial charge in [-0.3, -0.25) is 4.79 Å². The van der Waals surface area contributed by atoms with Crippen LogP contribution in [0.15, 0.2) is 6.20 Å². The van der Waals surface area contributed by atoms with Gasteiger partial charge >= 0.3 is 0 Å². The lowest BCUT2D eigenvalue weighted by molar-refractivity contribution is -0.000402. The molecule has 7 nitrogen and oxygen atoms in total. The number of carbonyl (C=O) groups is 1. The van der Waals surface area contributed by atoms with E-state index in [4.69, 9.17) is 5.73 Å². The van der Waals surface area contributed by atoms with Gasteiger partial charge in [-0.1, -0.05) is 0 Å². The van der Waals surface area contributed by atoms with Crippen LogP contribution < -0.4 is 16.4 Å². The number of aliphatic hydroxyl groups is 1. The molecule has 5 N–H and O–H groups in total. The lowest BCUT2D eigenvalue weighted by Crippen LogP contribution is -2.37. The van der Waals surface area contributed by atoms with Crippen LogP contribution in [0, 0.1) is 5.92 Å². The summed E-state index contributed by atoms with van der Waals surface area (Å²) in [5.41, 5.74) is 5.09. The first-order valence-corrected chi connectivity index (χ1v) is 8.59. The van der Waals surface area contributed by atoms with Gasteiger partial charge < -0.3 is 21.5 Å². The SMILES string of the molecule is CC(C)Nc1ncc(C(N)=O)c(N[C@H]2CC[C@H](C(C)(C)O)CC2)n1. The molecule has 0 atom stereocenters. The van der Waals surface area contributed by atoms with E-state index in [1.807, 2.05) is 27.7 Å². The molecule has 0 radical (unpaired) electrons. The summed E-state index contributed by atoms with van der Waals surface area (Å²) in [5, 5.41) is 16.6. The van der Waals surface area contributed by atoms with Gasteiger partial charge in [0.15, 0.2) is 0 Å². The molecule has 7 heteroatoms. The molecule has 0 unspecified atom stereocenters. The number of aromatic nitrogens is 2. The van der Waals surface area contributed by atoms with Gasteiger partial charge in [0.05, 0.1) is 11.2 Å². The minimum absolute atomic E-state index is 0.194. The van der Waals surface area contributed by atoms with E-state index < -0.39 is 11.5 Å². The highest BCUT2D eigenvalue weighted by molar-refractivity contribution is 5.97. The fourth-order valence-electron chi connectivity index (χ4n) is 3.14. The third-order valence-electron chi connectivity index (χ3n) is 4.54. The van der Waals surface area contributed by atoms with Crippen LogP contribution in [0.5, 0.6) is 0 Å². The third-order valence-corrected chi connectivity index (χ3v) is 4.54. The van der Waals surface area contributed by atoms with Crippen molar-refractivity contribution in [1.29, 1.82) is 0 Å². The molecule has 1 fully saturated rings. The van der Waals surface area contributed by atoms with Gasteiger partial charge in [0.25, 0.3) is 5.91 Å². The summed E-state index contributed by atoms with van der Waals surface area (Å²) in [7, 11) is 0. The molecular weight excluding hydrogens is 306 g/mol. The topological polar surface area (TPSA) is 113 Å². The van der Waals surface area contributed by atoms with Crippen molar-refractivity contribution < 1.29 is 9.90 Å². The third kappa shape index (κ3) is 4.80. The largest absolute Gasteiger partial charge is 0.390 e. The summed E-state index contributed by atoms with van der Waals surface area (Å²) in [4.78, 5) is 20.2. The molecule has 0 spiro atoms. The second kappa shape index (κ2) is 7.34. The van der Waals surface area contributed by atoms with E-state index in [1.165, 1.54) is 6.20 Å². The van der Waals surface area contributed by atoms with Crippen molar-refractivity contribution in [2.45, 2.75) is 71.1 Å². The molecule has 1 amide bonds. The minimum Gasteiger partial charge on any atom is -0.390 e. The van der Waals surface area contributed by atoms with Crippen LogP contribution in [0.4, 0.5) is 11.8 Å². The zero-order valence-electron chi connectivity index (χ0n) is 15.0. The van der Waals surface area contributed by atoms with E-state index in [0.29, 0.717) is 23.2 Å². The Balaban J connectivity index is 2.09. The van der Waals surface area contributed by atoms with E-state index in [0.717, 1.165) is 25.7 Å². The van der Waals surface area contributed by atoms with Crippen molar-refractivity contribution in [3.63, 3.8) is 0 Å². The molecule has 0 saturated heterocycles. The smallest absolute Gasteiger partial charge is 0.254 e. The van der Waals surface area contributed by atoms with Crippen molar-refractivity contribution in [1.82, 2.24) is 9.97 Å². The van der Waals surface area contributed by atoms with Crippen LogP contribution in [0.25, 0.3) is 0 Å². The summed E-state index contributed by atoms with van der Waals surface area (Å²) in [5.74, 6) is 0.712. The number of rotatable bonds is 6. The van der Waals surface area contributed by atoms with E-state index in [1.54, 1.807) is 0 Å². The Morgan fingerprint density at radius 2 is 1.96 bits per heavy atom. The molecule has 0 aliphatic heterocycles. The molecule has 1 heterocycles. The van der Waals surface area contributed by atoms with Crippen molar-refractivity contribution in [3.8, 4) is 0 Å². The number of amides is 1. The molecule has 1 saturated carbocycles. The van der Waals surface area contributed by atoms with Crippen LogP contribution in [0.2, 0.25) is 0 Å². The maximum atomic E-state index is 11.6. The predicted molar refractivity (Wildman–Crippen MR) is 95.0 cm³/mol. The molecular formula is C17H29N5O2. The van der Waals surface area contributed by atoms with Gasteiger partial charge in [-0.2, -0.15) is 4.98 Å². The van der Waals surface area contributed by atoms with Gasteiger partial charge in [0, 0.05) is 18.3 Å². The summed E-state index contributed by atoms with van der Waals surface area (Å²) in [6.45, 7) is 7.72. The average molecular weight is 335 g/mol. The highest BCUT2D eigenvalue weighted by Gasteiger charge is 2.31. The second-order valence-corrected chi connectivity index (χ2v) is 7.47. The standard InChI is InChI=1S/C17H29N5O2/c1-10(2)20-16-19-9-13(14(18)23)15(22-16)21-12-7-5-11(6-8-12)17(3,4)24/h9-12,24H,5-8H2,1-4H3,(H2,18,23)(H2,19,20,21,22)/t11-,12-. The van der Waals surface area contributed by atoms with Crippen molar-refractivity contribution in [2.24, 2.45) is 11.7 Å². The lowest BCUT2D eigenvalue weighted by atomic mass is 9.77. The van der Waals surface area contributed by atoms with Gasteiger partial charge in [0.1, 0.15) is 5.82 Å². The average Bonchev–Trinajstić information content (AvgIpc) is 2.46. The van der Waals surface area contributed by atoms with E-state index in [2.05, 4.69) is 20.6 Å². The number of hydrogen-bond acceptors (Lipinski definition) is 6. The van der Waals surface area contributed by atoms with Crippen LogP contribution in [-0.2, 0) is 0 Å². The Bertz CT molecular complexity index is 575. The number of nitrogens with two attached hydrogens (primary N) is 1. The van der Waals surface area contributed by atoms with E-state index in [-0.39, 0.29) is 12.1 Å². The summed E-state index contributed by atoms with van der Waals surface area (Å²) >= 11 is 0. The number of primary amides is 1. The van der Waals surface area contributed by atoms with Crippen LogP contribution >= 0.6 is 0 Å². The molecule has 1 aromatic heterocycles. The molecule has 1 aliphatic carbocycles. The Morgan fingerprint density at radius 3 is 2.46 bits per heavy atom. The normalized spacial score (nSPS) is 21.6. The molecule has 134 valence electrons. The fourth-order valence-corrected chi connectivity index (χ4v) is 3.14. The molecule has 0 aromatic carbocycles. The van der Waals surface area contributed by atoms with E-state index in [9.17, 15) is 9.90 Å². The van der Waals surface area contributed by atoms with Crippen molar-refractivity contribution in [2.75, 3.05) is 10.6 Å². The van der Waals surface area contributed by atoms with Gasteiger partial charge in [-0.05, 0) is 59.3 Å². The first-order valence-electron chi connectivity index (χ1n) is 8.59. The van der Waals surface area contributed by atoms with Gasteiger partial charge in [0.2, 0.25) is 5.95 Å². The summed E-state index contributed by atoms with van der Waals surface area (Å²) < 4.78 is 0. The highest BCUT2D eigenvalue weighted by Crippen LogP contribution is 2.33. The molecule has 2 rings (SSSR count). The van der Waals surface area contributed by atoms with E-state index >= 15 is 0 Å². The lowest BCUT2D eigenvalue weighted by Gasteiger charge is -2.36. The Hall–Kier alpha value is -1.89. The van der Waals surface area contributed by atoms with Crippen molar-refractivity contribution in [3.05, 3.63) is 11.8 Å². The van der Waals surface area contributed by atoms with Crippen LogP contribution in [0.3, 0.4) is 0 Å². The maximum Gasteiger partial charge on any atom is 0.254 e. The number of nitrogens with zero attached hydrogens (tertiary/aromatic N) is 2. The Kier molecular flexibility index (Phi) is 5.64. The van der Waals surface area contributed by atoms with Gasteiger partial charge in [-0.25, -0.2) is 4.98 Å².